The maximum Gasteiger partial charge on any atom is 0.277 e. The van der Waals surface area contributed by atoms with Crippen LogP contribution in [0.15, 0.2) is 48.5 Å². The number of hydrogen-bond acceptors (Lipinski definition) is 6. The number of carbonyl (C=O) groups is 2. The standard InChI is InChI=1S/C26H35N7O4S/c1-18(34)32-9-11-33(12-10-32)26(35)24(15-19-5-4-7-22(13-19)25(27)28)31-38(36,37)30-17-20-14-21-6-2-3-8-23(21)29-16-20/h2-8,13,20,24,29-31H,9-12,14-17H2,1H3,(H3,27,28). The van der Waals surface area contributed by atoms with Gasteiger partial charge in [0.1, 0.15) is 11.9 Å². The Morgan fingerprint density at radius 2 is 1.82 bits per heavy atom. The normalized spacial score (nSPS) is 18.3. The lowest BCUT2D eigenvalue weighted by Gasteiger charge is -2.36. The summed E-state index contributed by atoms with van der Waals surface area (Å²) in [5, 5.41) is 11.0. The number of piperazine rings is 1. The van der Waals surface area contributed by atoms with E-state index in [-0.39, 0.29) is 36.5 Å². The highest BCUT2D eigenvalue weighted by Crippen LogP contribution is 2.24. The van der Waals surface area contributed by atoms with Gasteiger partial charge in [0.2, 0.25) is 11.8 Å². The number of nitrogens with one attached hydrogen (secondary N) is 4. The molecule has 1 fully saturated rings. The number of benzene rings is 2. The number of para-hydroxylation sites is 1. The number of amides is 2. The molecule has 2 aliphatic heterocycles. The average Bonchev–Trinajstić information content (AvgIpc) is 2.91. The molecule has 11 nitrogen and oxygen atoms in total. The van der Waals surface area contributed by atoms with E-state index in [4.69, 9.17) is 11.1 Å². The van der Waals surface area contributed by atoms with E-state index in [0.29, 0.717) is 43.9 Å². The van der Waals surface area contributed by atoms with Crippen molar-refractivity contribution in [3.63, 3.8) is 0 Å². The molecule has 0 spiro atoms. The molecule has 0 aromatic heterocycles. The van der Waals surface area contributed by atoms with E-state index in [0.717, 1.165) is 17.7 Å². The number of nitrogen functional groups attached to an aromatic ring is 1. The van der Waals surface area contributed by atoms with Crippen molar-refractivity contribution in [3.05, 3.63) is 65.2 Å². The van der Waals surface area contributed by atoms with Crippen molar-refractivity contribution in [1.82, 2.24) is 19.2 Å². The molecule has 2 atom stereocenters. The van der Waals surface area contributed by atoms with E-state index < -0.39 is 16.3 Å². The zero-order chi connectivity index (χ0) is 27.3. The number of hydrogen-bond donors (Lipinski definition) is 5. The van der Waals surface area contributed by atoms with Crippen molar-refractivity contribution in [2.45, 2.75) is 25.8 Å². The van der Waals surface area contributed by atoms with Gasteiger partial charge in [-0.15, -0.1) is 0 Å². The first kappa shape index (κ1) is 27.6. The lowest BCUT2D eigenvalue weighted by atomic mass is 9.94. The summed E-state index contributed by atoms with van der Waals surface area (Å²) in [5.74, 6) is -0.470. The number of anilines is 1. The van der Waals surface area contributed by atoms with E-state index in [1.54, 1.807) is 34.1 Å². The average molecular weight is 542 g/mol. The van der Waals surface area contributed by atoms with Crippen molar-refractivity contribution in [2.75, 3.05) is 44.6 Å². The van der Waals surface area contributed by atoms with Crippen LogP contribution in [0.5, 0.6) is 0 Å². The lowest BCUT2D eigenvalue weighted by Crippen LogP contribution is -2.57. The summed E-state index contributed by atoms with van der Waals surface area (Å²) in [6, 6.07) is 13.7. The molecule has 2 amide bonds. The van der Waals surface area contributed by atoms with E-state index in [2.05, 4.69) is 14.8 Å². The smallest absolute Gasteiger partial charge is 0.277 e. The number of amidine groups is 1. The molecule has 0 bridgehead atoms. The van der Waals surface area contributed by atoms with Crippen molar-refractivity contribution >= 4 is 33.5 Å². The Bertz CT molecular complexity index is 1290. The highest BCUT2D eigenvalue weighted by Gasteiger charge is 2.32. The van der Waals surface area contributed by atoms with E-state index in [9.17, 15) is 18.0 Å². The molecule has 38 heavy (non-hydrogen) atoms. The quantitative estimate of drug-likeness (QED) is 0.226. The monoisotopic (exact) mass is 541 g/mol. The molecule has 12 heteroatoms. The van der Waals surface area contributed by atoms with Gasteiger partial charge in [0.15, 0.2) is 0 Å². The molecule has 0 radical (unpaired) electrons. The van der Waals surface area contributed by atoms with Gasteiger partial charge in [0.05, 0.1) is 0 Å². The number of carbonyl (C=O) groups excluding carboxylic acids is 2. The highest BCUT2D eigenvalue weighted by molar-refractivity contribution is 7.87. The Kier molecular flexibility index (Phi) is 8.65. The number of rotatable bonds is 9. The van der Waals surface area contributed by atoms with Crippen LogP contribution in [0, 0.1) is 11.3 Å². The summed E-state index contributed by atoms with van der Waals surface area (Å²) in [4.78, 5) is 28.4. The summed E-state index contributed by atoms with van der Waals surface area (Å²) in [5.41, 5.74) is 8.99. The van der Waals surface area contributed by atoms with Gasteiger partial charge in [-0.05, 0) is 42.0 Å². The first-order valence-electron chi connectivity index (χ1n) is 12.7. The van der Waals surface area contributed by atoms with Gasteiger partial charge in [-0.25, -0.2) is 4.72 Å². The zero-order valence-corrected chi connectivity index (χ0v) is 22.3. The molecule has 6 N–H and O–H groups in total. The summed E-state index contributed by atoms with van der Waals surface area (Å²) < 4.78 is 31.4. The summed E-state index contributed by atoms with van der Waals surface area (Å²) in [6.07, 6.45) is 0.832. The van der Waals surface area contributed by atoms with Crippen LogP contribution in [-0.4, -0.2) is 81.2 Å². The van der Waals surface area contributed by atoms with Crippen molar-refractivity contribution in [2.24, 2.45) is 11.7 Å². The molecule has 2 aliphatic rings. The first-order valence-corrected chi connectivity index (χ1v) is 14.2. The van der Waals surface area contributed by atoms with Gasteiger partial charge in [-0.3, -0.25) is 15.0 Å². The Hall–Kier alpha value is -3.48. The molecule has 0 aliphatic carbocycles. The van der Waals surface area contributed by atoms with Crippen LogP contribution < -0.4 is 20.5 Å². The van der Waals surface area contributed by atoms with Crippen LogP contribution in [0.1, 0.15) is 23.6 Å². The third kappa shape index (κ3) is 7.09. The Morgan fingerprint density at radius 3 is 2.53 bits per heavy atom. The molecular weight excluding hydrogens is 506 g/mol. The Labute approximate surface area is 223 Å². The first-order chi connectivity index (χ1) is 18.1. The number of nitrogens with zero attached hydrogens (tertiary/aromatic N) is 2. The third-order valence-electron chi connectivity index (χ3n) is 6.98. The fourth-order valence-corrected chi connectivity index (χ4v) is 5.95. The second-order valence-corrected chi connectivity index (χ2v) is 11.3. The van der Waals surface area contributed by atoms with Crippen LogP contribution in [-0.2, 0) is 32.6 Å². The molecule has 4 rings (SSSR count). The number of fused-ring (bicyclic) bond motifs is 1. The molecule has 2 aromatic carbocycles. The van der Waals surface area contributed by atoms with E-state index in [1.807, 2.05) is 24.3 Å². The molecule has 2 heterocycles. The minimum atomic E-state index is -4.02. The maximum atomic E-state index is 13.5. The van der Waals surface area contributed by atoms with Gasteiger partial charge in [-0.1, -0.05) is 36.4 Å². The molecule has 0 saturated carbocycles. The highest BCUT2D eigenvalue weighted by atomic mass is 32.2. The summed E-state index contributed by atoms with van der Waals surface area (Å²) in [7, 11) is -4.02. The fraction of sp³-hybridized carbons (Fsp3) is 0.423. The Morgan fingerprint density at radius 1 is 1.11 bits per heavy atom. The van der Waals surface area contributed by atoms with Crippen LogP contribution in [0.25, 0.3) is 0 Å². The maximum absolute atomic E-state index is 13.5. The Balaban J connectivity index is 1.45. The van der Waals surface area contributed by atoms with Crippen LogP contribution in [0.3, 0.4) is 0 Å². The lowest BCUT2D eigenvalue weighted by molar-refractivity contribution is -0.139. The van der Waals surface area contributed by atoms with E-state index in [1.165, 1.54) is 6.92 Å². The van der Waals surface area contributed by atoms with Gasteiger partial charge < -0.3 is 20.9 Å². The van der Waals surface area contributed by atoms with Gasteiger partial charge in [-0.2, -0.15) is 13.1 Å². The molecule has 204 valence electrons. The minimum absolute atomic E-state index is 0.0561. The molecular formula is C26H35N7O4S. The number of nitrogens with two attached hydrogens (primary N) is 1. The van der Waals surface area contributed by atoms with Gasteiger partial charge in [0.25, 0.3) is 10.2 Å². The topological polar surface area (TPSA) is 161 Å². The van der Waals surface area contributed by atoms with Crippen LogP contribution in [0.4, 0.5) is 5.69 Å². The van der Waals surface area contributed by atoms with Gasteiger partial charge >= 0.3 is 0 Å². The minimum Gasteiger partial charge on any atom is -0.384 e. The third-order valence-corrected chi connectivity index (χ3v) is 8.12. The van der Waals surface area contributed by atoms with Crippen molar-refractivity contribution in [1.29, 1.82) is 5.41 Å². The largest absolute Gasteiger partial charge is 0.384 e. The van der Waals surface area contributed by atoms with Gasteiger partial charge in [0, 0.05) is 57.4 Å². The second-order valence-electron chi connectivity index (χ2n) is 9.78. The summed E-state index contributed by atoms with van der Waals surface area (Å²) >= 11 is 0. The van der Waals surface area contributed by atoms with E-state index >= 15 is 0 Å². The fourth-order valence-electron chi connectivity index (χ4n) is 4.85. The molecule has 1 saturated heterocycles. The second kappa shape index (κ2) is 11.9. The molecule has 2 unspecified atom stereocenters. The predicted molar refractivity (Wildman–Crippen MR) is 146 cm³/mol. The van der Waals surface area contributed by atoms with Crippen molar-refractivity contribution < 1.29 is 18.0 Å². The van der Waals surface area contributed by atoms with Crippen LogP contribution >= 0.6 is 0 Å². The molecule has 2 aromatic rings. The predicted octanol–water partition coefficient (Wildman–Crippen LogP) is 0.281. The van der Waals surface area contributed by atoms with Crippen LogP contribution in [0.2, 0.25) is 0 Å². The van der Waals surface area contributed by atoms with Crippen molar-refractivity contribution in [3.8, 4) is 0 Å². The summed E-state index contributed by atoms with van der Waals surface area (Å²) in [6.45, 7) is 3.79. The SMILES string of the molecule is CC(=O)N1CCN(C(=O)C(Cc2cccc(C(=N)N)c2)NS(=O)(=O)NCC2CNc3ccccc3C2)CC1. The zero-order valence-electron chi connectivity index (χ0n) is 21.4.